The van der Waals surface area contributed by atoms with E-state index < -0.39 is 29.3 Å². The van der Waals surface area contributed by atoms with Crippen LogP contribution < -0.4 is 0 Å². The van der Waals surface area contributed by atoms with Gasteiger partial charge in [-0.2, -0.15) is 47.9 Å². The first-order chi connectivity index (χ1) is 33.2. The summed E-state index contributed by atoms with van der Waals surface area (Å²) in [7, 11) is 0. The SMILES string of the molecule is CC(CC(=O)C1C(C)C=CCC1(C)C)SCCC(=O)OCC(COC(=O)CCS)(COC(=O)CCSC(C)CC(=O)C1C(C)C=CCC1(C)C)COC(=O)CCSC(C)CC(=O)[C@H]1[C@H](C)C=CCC1(C)C. The molecule has 402 valence electrons. The van der Waals surface area contributed by atoms with Crippen LogP contribution in [0.25, 0.3) is 0 Å². The highest BCUT2D eigenvalue weighted by atomic mass is 32.2. The van der Waals surface area contributed by atoms with Gasteiger partial charge < -0.3 is 18.9 Å². The second kappa shape index (κ2) is 29.6. The molecule has 0 aliphatic heterocycles. The Morgan fingerprint density at radius 2 is 0.746 bits per heavy atom. The standard InChI is InChI=1S/C56H88O11S4/c1-37-16-13-23-53(7,8)50(37)43(57)30-40(4)69-27-20-47(61)65-34-56(33-64-46(60)19-26-68,35-66-48(62)21-28-70-41(5)31-44(58)51-38(2)17-14-24-54(51,9)10)36-67-49(63)22-29-71-42(6)32-45(59)52-39(3)18-15-25-55(52,11)12/h13-18,37-42,50-52,68H,19-36H2,1-12H3/t37-,38?,39?,40?,41?,42?,50-,51?,52?,56?/m1/s1. The number of carbonyl (C=O) groups excluding carboxylic acids is 7. The third kappa shape index (κ3) is 21.0. The molecule has 11 nitrogen and oxygen atoms in total. The molecule has 0 radical (unpaired) electrons. The molecule has 0 aromatic heterocycles. The molecule has 0 aromatic carbocycles. The van der Waals surface area contributed by atoms with Gasteiger partial charge in [-0.3, -0.25) is 33.6 Å². The number of ketones is 3. The first kappa shape index (κ1) is 62.8. The third-order valence-electron chi connectivity index (χ3n) is 14.5. The van der Waals surface area contributed by atoms with Crippen molar-refractivity contribution >= 4 is 89.1 Å². The van der Waals surface area contributed by atoms with Crippen LogP contribution in [-0.2, 0) is 52.5 Å². The lowest BCUT2D eigenvalue weighted by molar-refractivity contribution is -0.170. The minimum atomic E-state index is -1.44. The van der Waals surface area contributed by atoms with Crippen molar-refractivity contribution in [3.8, 4) is 0 Å². The fraction of sp³-hybridized carbons (Fsp3) is 0.768. The van der Waals surface area contributed by atoms with Crippen LogP contribution in [0, 0.1) is 57.2 Å². The molecular weight excluding hydrogens is 977 g/mol. The number of esters is 4. The maximum absolute atomic E-state index is 13.5. The molecule has 0 saturated heterocycles. The van der Waals surface area contributed by atoms with Crippen molar-refractivity contribution in [1.29, 1.82) is 0 Å². The Hall–Kier alpha value is -2.49. The van der Waals surface area contributed by atoms with Crippen LogP contribution in [0.4, 0.5) is 0 Å². The summed E-state index contributed by atoms with van der Waals surface area (Å²) in [6.45, 7) is 23.5. The number of thiol groups is 1. The van der Waals surface area contributed by atoms with Crippen LogP contribution >= 0.6 is 47.9 Å². The van der Waals surface area contributed by atoms with E-state index in [4.69, 9.17) is 18.9 Å². The van der Waals surface area contributed by atoms with Gasteiger partial charge in [-0.05, 0) is 53.3 Å². The van der Waals surface area contributed by atoms with Crippen LogP contribution in [-0.4, -0.2) is 106 Å². The van der Waals surface area contributed by atoms with Crippen LogP contribution in [0.3, 0.4) is 0 Å². The number of hydrogen-bond donors (Lipinski definition) is 1. The summed E-state index contributed by atoms with van der Waals surface area (Å²) in [5, 5.41) is -0.0640. The molecule has 71 heavy (non-hydrogen) atoms. The number of hydrogen-bond acceptors (Lipinski definition) is 15. The maximum atomic E-state index is 13.5. The van der Waals surface area contributed by atoms with Crippen LogP contribution in [0.5, 0.6) is 0 Å². The van der Waals surface area contributed by atoms with Crippen molar-refractivity contribution in [3.05, 3.63) is 36.5 Å². The Balaban J connectivity index is 1.66. The van der Waals surface area contributed by atoms with E-state index in [0.29, 0.717) is 36.5 Å². The summed E-state index contributed by atoms with van der Waals surface area (Å²) >= 11 is 8.71. The molecule has 0 bridgehead atoms. The van der Waals surface area contributed by atoms with E-state index in [1.807, 2.05) is 20.8 Å². The smallest absolute Gasteiger partial charge is 0.306 e. The molecule has 3 aliphatic rings. The second-order valence-corrected chi connectivity index (χ2v) is 27.9. The quantitative estimate of drug-likeness (QED) is 0.0303. The Morgan fingerprint density at radius 1 is 0.493 bits per heavy atom. The number of carbonyl (C=O) groups is 7. The Kier molecular flexibility index (Phi) is 26.1. The average Bonchev–Trinajstić information content (AvgIpc) is 3.24. The molecule has 3 rings (SSSR count). The Bertz CT molecular complexity index is 1700. The molecule has 0 aromatic rings. The molecular formula is C56H88O11S4. The first-order valence-corrected chi connectivity index (χ1v) is 29.7. The molecule has 0 fully saturated rings. The lowest BCUT2D eigenvalue weighted by Gasteiger charge is -2.39. The lowest BCUT2D eigenvalue weighted by Crippen LogP contribution is -2.44. The summed E-state index contributed by atoms with van der Waals surface area (Å²) in [5.41, 5.74) is -1.81. The number of allylic oxidation sites excluding steroid dienone is 6. The van der Waals surface area contributed by atoms with Crippen molar-refractivity contribution in [2.24, 2.45) is 57.2 Å². The minimum Gasteiger partial charge on any atom is -0.465 e. The highest BCUT2D eigenvalue weighted by Gasteiger charge is 2.43. The van der Waals surface area contributed by atoms with Crippen molar-refractivity contribution in [2.75, 3.05) is 49.4 Å². The molecule has 7 unspecified atom stereocenters. The van der Waals surface area contributed by atoms with E-state index in [1.54, 1.807) is 0 Å². The summed E-state index contributed by atoms with van der Waals surface area (Å²) in [6, 6.07) is 0. The minimum absolute atomic E-state index is 0.00184. The van der Waals surface area contributed by atoms with Crippen LogP contribution in [0.2, 0.25) is 0 Å². The van der Waals surface area contributed by atoms with Crippen LogP contribution in [0.1, 0.15) is 147 Å². The Morgan fingerprint density at radius 3 is 0.986 bits per heavy atom. The van der Waals surface area contributed by atoms with Gasteiger partial charge in [0.05, 0.1) is 25.7 Å². The van der Waals surface area contributed by atoms with Gasteiger partial charge in [-0.25, -0.2) is 0 Å². The zero-order valence-electron chi connectivity index (χ0n) is 45.1. The molecule has 0 saturated carbocycles. The number of Topliss-reactive ketones (excluding diaryl/α,β-unsaturated/α-hetero) is 3. The summed E-state index contributed by atoms with van der Waals surface area (Å²) in [4.78, 5) is 93.1. The summed E-state index contributed by atoms with van der Waals surface area (Å²) in [6.07, 6.45) is 16.7. The summed E-state index contributed by atoms with van der Waals surface area (Å²) < 4.78 is 23.1. The second-order valence-electron chi connectivity index (χ2n) is 22.8. The van der Waals surface area contributed by atoms with E-state index in [2.05, 4.69) is 111 Å². The maximum Gasteiger partial charge on any atom is 0.306 e. The predicted molar refractivity (Wildman–Crippen MR) is 294 cm³/mol. The molecule has 3 aliphatic carbocycles. The van der Waals surface area contributed by atoms with E-state index >= 15 is 0 Å². The number of ether oxygens (including phenoxy) is 4. The van der Waals surface area contributed by atoms with E-state index in [-0.39, 0.29) is 143 Å². The molecule has 9 atom stereocenters. The molecule has 0 N–H and O–H groups in total. The van der Waals surface area contributed by atoms with Crippen molar-refractivity contribution < 1.29 is 52.5 Å². The van der Waals surface area contributed by atoms with Crippen molar-refractivity contribution in [3.63, 3.8) is 0 Å². The molecule has 15 heteroatoms. The van der Waals surface area contributed by atoms with Gasteiger partial charge in [0.2, 0.25) is 0 Å². The Labute approximate surface area is 445 Å². The molecule has 0 amide bonds. The van der Waals surface area contributed by atoms with Gasteiger partial charge in [0.15, 0.2) is 0 Å². The largest absolute Gasteiger partial charge is 0.465 e. The molecule has 0 spiro atoms. The van der Waals surface area contributed by atoms with E-state index in [1.165, 1.54) is 35.3 Å². The van der Waals surface area contributed by atoms with Crippen molar-refractivity contribution in [1.82, 2.24) is 0 Å². The summed E-state index contributed by atoms with van der Waals surface area (Å²) in [5.74, 6) is 0.144. The van der Waals surface area contributed by atoms with Gasteiger partial charge in [-0.15, -0.1) is 0 Å². The number of rotatable bonds is 31. The topological polar surface area (TPSA) is 156 Å². The molecule has 0 heterocycles. The van der Waals surface area contributed by atoms with E-state index in [0.717, 1.165) is 19.3 Å². The zero-order valence-corrected chi connectivity index (χ0v) is 48.4. The van der Waals surface area contributed by atoms with Gasteiger partial charge >= 0.3 is 23.9 Å². The third-order valence-corrected chi connectivity index (χ3v) is 18.2. The predicted octanol–water partition coefficient (Wildman–Crippen LogP) is 11.6. The van der Waals surface area contributed by atoms with Crippen LogP contribution in [0.15, 0.2) is 36.5 Å². The van der Waals surface area contributed by atoms with Gasteiger partial charge in [0, 0.05) is 75.8 Å². The monoisotopic (exact) mass is 1060 g/mol. The number of thioether (sulfide) groups is 3. The van der Waals surface area contributed by atoms with Crippen molar-refractivity contribution in [2.45, 2.75) is 163 Å². The fourth-order valence-corrected chi connectivity index (χ4v) is 13.9. The highest BCUT2D eigenvalue weighted by Crippen LogP contribution is 2.44. The highest BCUT2D eigenvalue weighted by molar-refractivity contribution is 8.00. The average molecular weight is 1070 g/mol. The lowest BCUT2D eigenvalue weighted by atomic mass is 9.65. The van der Waals surface area contributed by atoms with E-state index in [9.17, 15) is 33.6 Å². The fourth-order valence-electron chi connectivity index (χ4n) is 10.8. The van der Waals surface area contributed by atoms with Gasteiger partial charge in [0.1, 0.15) is 49.2 Å². The first-order valence-electron chi connectivity index (χ1n) is 25.9. The van der Waals surface area contributed by atoms with Gasteiger partial charge in [0.25, 0.3) is 0 Å². The zero-order chi connectivity index (χ0) is 53.2. The normalized spacial score (nSPS) is 25.2. The van der Waals surface area contributed by atoms with Gasteiger partial charge in [-0.1, -0.05) is 120 Å².